The van der Waals surface area contributed by atoms with Gasteiger partial charge >= 0.3 is 5.97 Å². The van der Waals surface area contributed by atoms with Gasteiger partial charge in [0.2, 0.25) is 17.7 Å². The molecule has 0 aliphatic carbocycles. The number of halogens is 1. The number of phenols is 1. The van der Waals surface area contributed by atoms with Crippen molar-refractivity contribution in [1.82, 2.24) is 15.5 Å². The van der Waals surface area contributed by atoms with E-state index in [2.05, 4.69) is 16.7 Å². The van der Waals surface area contributed by atoms with Gasteiger partial charge in [-0.3, -0.25) is 14.4 Å². The highest BCUT2D eigenvalue weighted by Crippen LogP contribution is 2.24. The van der Waals surface area contributed by atoms with Gasteiger partial charge in [-0.1, -0.05) is 48.0 Å². The maximum atomic E-state index is 14.1. The second-order valence-electron chi connectivity index (χ2n) is 11.2. The van der Waals surface area contributed by atoms with Crippen LogP contribution in [0.5, 0.6) is 5.75 Å². The van der Waals surface area contributed by atoms with Gasteiger partial charge in [-0.05, 0) is 86.7 Å². The van der Waals surface area contributed by atoms with Crippen LogP contribution in [0.3, 0.4) is 0 Å². The first-order valence-electron chi connectivity index (χ1n) is 15.0. The Labute approximate surface area is 278 Å². The molecule has 0 spiro atoms. The molecule has 3 amide bonds. The average Bonchev–Trinajstić information content (AvgIpc) is 3.01. The van der Waals surface area contributed by atoms with Crippen molar-refractivity contribution < 1.29 is 33.8 Å². The Balaban J connectivity index is 2.09. The maximum absolute atomic E-state index is 14.1. The van der Waals surface area contributed by atoms with Crippen LogP contribution >= 0.6 is 22.6 Å². The smallest absolute Gasteiger partial charge is 0.359 e. The molecule has 1 aliphatic rings. The zero-order valence-electron chi connectivity index (χ0n) is 26.4. The summed E-state index contributed by atoms with van der Waals surface area (Å²) in [5.41, 5.74) is 2.13. The number of carbonyl (C=O) groups excluding carboxylic acids is 4. The molecule has 0 radical (unpaired) electrons. The van der Waals surface area contributed by atoms with Gasteiger partial charge in [0.1, 0.15) is 17.8 Å². The number of rotatable bonds is 4. The number of allylic oxidation sites excluding steroid dienone is 2. The molecule has 45 heavy (non-hydrogen) atoms. The van der Waals surface area contributed by atoms with Crippen molar-refractivity contribution in [1.29, 1.82) is 0 Å². The van der Waals surface area contributed by atoms with Crippen molar-refractivity contribution in [3.63, 3.8) is 0 Å². The van der Waals surface area contributed by atoms with Gasteiger partial charge in [0.25, 0.3) is 0 Å². The quantitative estimate of drug-likeness (QED) is 0.135. The third kappa shape index (κ3) is 10.3. The summed E-state index contributed by atoms with van der Waals surface area (Å²) in [6, 6.07) is 11.7. The molecule has 0 fully saturated rings. The summed E-state index contributed by atoms with van der Waals surface area (Å²) in [6.07, 6.45) is 4.45. The fourth-order valence-corrected chi connectivity index (χ4v) is 5.53. The van der Waals surface area contributed by atoms with Gasteiger partial charge in [-0.15, -0.1) is 0 Å². The van der Waals surface area contributed by atoms with Crippen molar-refractivity contribution in [2.75, 3.05) is 14.2 Å². The summed E-state index contributed by atoms with van der Waals surface area (Å²) in [6.45, 7) is 5.35. The van der Waals surface area contributed by atoms with Crippen LogP contribution in [-0.2, 0) is 35.1 Å². The molecule has 0 unspecified atom stereocenters. The minimum atomic E-state index is -1.11. The first-order valence-corrected chi connectivity index (χ1v) is 16.0. The number of nitrogens with one attached hydrogen (secondary N) is 2. The molecule has 0 bridgehead atoms. The fourth-order valence-electron chi connectivity index (χ4n) is 4.95. The molecule has 2 aromatic carbocycles. The van der Waals surface area contributed by atoms with E-state index in [-0.39, 0.29) is 36.0 Å². The molecule has 3 rings (SSSR count). The predicted molar refractivity (Wildman–Crippen MR) is 180 cm³/mol. The first kappa shape index (κ1) is 35.6. The minimum Gasteiger partial charge on any atom is -0.507 e. The summed E-state index contributed by atoms with van der Waals surface area (Å²) >= 11 is 1.98. The standard InChI is InChI=1S/C34H42IN3O7/c1-21-11-9-10-14-29(40)36-23(3)33(42)38(4)27(20-24-17-18-28(39)26(35)19-24)32(41)37-30(34(43)45-22(2)16-15-21)31(44-5)25-12-7-6-8-13-25/h6-8,11-13,17-19,22-23,27,39H,9-10,14-16,20H2,1-5H3,(H,36,40)(H,37,41)/b21-11-,31-30+/t22-,23+,27-/m0/s1. The summed E-state index contributed by atoms with van der Waals surface area (Å²) in [5.74, 6) is -1.98. The van der Waals surface area contributed by atoms with Crippen LogP contribution in [0.15, 0.2) is 65.9 Å². The number of aromatic hydroxyl groups is 1. The molecule has 2 aromatic rings. The molecule has 1 heterocycles. The number of methoxy groups -OCH3 is 1. The molecule has 3 N–H and O–H groups in total. The van der Waals surface area contributed by atoms with E-state index < -0.39 is 36.0 Å². The van der Waals surface area contributed by atoms with Crippen molar-refractivity contribution in [3.05, 3.63) is 80.6 Å². The molecular weight excluding hydrogens is 689 g/mol. The second kappa shape index (κ2) is 17.0. The molecule has 0 saturated heterocycles. The number of hydrogen-bond donors (Lipinski definition) is 3. The highest BCUT2D eigenvalue weighted by Gasteiger charge is 2.33. The highest BCUT2D eigenvalue weighted by atomic mass is 127. The summed E-state index contributed by atoms with van der Waals surface area (Å²) in [5, 5.41) is 15.5. The Bertz CT molecular complexity index is 1440. The molecule has 11 heteroatoms. The lowest BCUT2D eigenvalue weighted by Crippen LogP contribution is -2.54. The van der Waals surface area contributed by atoms with E-state index in [1.165, 1.54) is 25.1 Å². The van der Waals surface area contributed by atoms with Gasteiger partial charge in [0.05, 0.1) is 16.8 Å². The molecule has 3 atom stereocenters. The number of hydrogen-bond acceptors (Lipinski definition) is 7. The number of nitrogens with zero attached hydrogens (tertiary/aromatic N) is 1. The number of cyclic esters (lactones) is 1. The van der Waals surface area contributed by atoms with Crippen LogP contribution in [0.2, 0.25) is 0 Å². The predicted octanol–water partition coefficient (Wildman–Crippen LogP) is 4.84. The lowest BCUT2D eigenvalue weighted by molar-refractivity contribution is -0.146. The van der Waals surface area contributed by atoms with Gasteiger partial charge in [-0.25, -0.2) is 4.79 Å². The van der Waals surface area contributed by atoms with Crippen LogP contribution in [0.25, 0.3) is 5.76 Å². The van der Waals surface area contributed by atoms with E-state index in [0.29, 0.717) is 40.4 Å². The third-order valence-corrected chi connectivity index (χ3v) is 8.44. The number of phenolic OH excluding ortho intramolecular Hbond substituents is 1. The zero-order valence-corrected chi connectivity index (χ0v) is 28.6. The fraction of sp³-hybridized carbons (Fsp3) is 0.412. The Morgan fingerprint density at radius 3 is 2.47 bits per heavy atom. The van der Waals surface area contributed by atoms with Gasteiger partial charge in [0, 0.05) is 25.5 Å². The Kier molecular flexibility index (Phi) is 13.4. The van der Waals surface area contributed by atoms with Gasteiger partial charge in [0.15, 0.2) is 11.5 Å². The van der Waals surface area contributed by atoms with E-state index in [9.17, 15) is 24.3 Å². The van der Waals surface area contributed by atoms with Crippen LogP contribution in [0.4, 0.5) is 0 Å². The number of likely N-dealkylation sites (N-methyl/N-ethyl adjacent to an activating group) is 1. The van der Waals surface area contributed by atoms with Crippen molar-refractivity contribution in [2.45, 2.75) is 77.5 Å². The highest BCUT2D eigenvalue weighted by molar-refractivity contribution is 14.1. The second-order valence-corrected chi connectivity index (χ2v) is 12.4. The van der Waals surface area contributed by atoms with E-state index in [4.69, 9.17) is 9.47 Å². The van der Waals surface area contributed by atoms with E-state index in [1.54, 1.807) is 50.2 Å². The van der Waals surface area contributed by atoms with E-state index in [0.717, 1.165) is 5.57 Å². The Hall–Kier alpha value is -3.87. The Morgan fingerprint density at radius 2 is 1.80 bits per heavy atom. The normalized spacial score (nSPS) is 23.7. The third-order valence-electron chi connectivity index (χ3n) is 7.58. The molecule has 242 valence electrons. The topological polar surface area (TPSA) is 134 Å². The number of esters is 1. The molecular formula is C34H42IN3O7. The SMILES string of the molecule is CO/C(=C1/NC(=O)[C@H](Cc2ccc(O)c(I)c2)N(C)C(=O)[C@@H](C)NC(=O)CCC/C=C(/C)CC[C@H](C)OC1=O)c1ccccc1. The van der Waals surface area contributed by atoms with Gasteiger partial charge in [-0.2, -0.15) is 0 Å². The largest absolute Gasteiger partial charge is 0.507 e. The summed E-state index contributed by atoms with van der Waals surface area (Å²) in [4.78, 5) is 55.3. The van der Waals surface area contributed by atoms with Crippen LogP contribution in [0.1, 0.15) is 64.0 Å². The van der Waals surface area contributed by atoms with Gasteiger partial charge < -0.3 is 30.1 Å². The molecule has 0 saturated carbocycles. The van der Waals surface area contributed by atoms with Crippen LogP contribution < -0.4 is 10.6 Å². The lowest BCUT2D eigenvalue weighted by Gasteiger charge is -2.30. The Morgan fingerprint density at radius 1 is 1.09 bits per heavy atom. The summed E-state index contributed by atoms with van der Waals surface area (Å²) in [7, 11) is 2.88. The molecule has 1 aliphatic heterocycles. The number of benzene rings is 2. The monoisotopic (exact) mass is 731 g/mol. The van der Waals surface area contributed by atoms with Crippen molar-refractivity contribution in [2.24, 2.45) is 0 Å². The average molecular weight is 732 g/mol. The maximum Gasteiger partial charge on any atom is 0.359 e. The van der Waals surface area contributed by atoms with E-state index >= 15 is 0 Å². The van der Waals surface area contributed by atoms with Crippen molar-refractivity contribution >= 4 is 52.0 Å². The number of carbonyl (C=O) groups is 4. The zero-order chi connectivity index (χ0) is 33.1. The van der Waals surface area contributed by atoms with Crippen LogP contribution in [-0.4, -0.2) is 66.0 Å². The summed E-state index contributed by atoms with van der Waals surface area (Å²) < 4.78 is 12.0. The van der Waals surface area contributed by atoms with Crippen LogP contribution in [0, 0.1) is 3.57 Å². The molecule has 0 aromatic heterocycles. The first-order chi connectivity index (χ1) is 21.4. The molecule has 10 nitrogen and oxygen atoms in total. The number of amides is 3. The van der Waals surface area contributed by atoms with E-state index in [1.807, 2.05) is 35.6 Å². The van der Waals surface area contributed by atoms with Crippen molar-refractivity contribution in [3.8, 4) is 5.75 Å². The minimum absolute atomic E-state index is 0.0579. The number of ether oxygens (including phenoxy) is 2. The lowest BCUT2D eigenvalue weighted by atomic mass is 10.0.